The van der Waals surface area contributed by atoms with Gasteiger partial charge in [0.2, 0.25) is 0 Å². The van der Waals surface area contributed by atoms with Gasteiger partial charge in [0.05, 0.1) is 13.2 Å². The normalized spacial score (nSPS) is 50.0. The smallest absolute Gasteiger partial charge is 0.186 e. The Morgan fingerprint density at radius 1 is 0.864 bits per heavy atom. The van der Waals surface area contributed by atoms with E-state index in [4.69, 9.17) is 18.9 Å². The molecule has 0 unspecified atom stereocenters. The molecular formula is C12H22O10. The van der Waals surface area contributed by atoms with Crippen molar-refractivity contribution < 1.29 is 49.6 Å². The Hall–Kier alpha value is -0.400. The van der Waals surface area contributed by atoms with Gasteiger partial charge in [0.25, 0.3) is 0 Å². The lowest BCUT2D eigenvalue weighted by Crippen LogP contribution is -2.60. The molecule has 0 saturated carbocycles. The summed E-state index contributed by atoms with van der Waals surface area (Å²) in [4.78, 5) is 0. The van der Waals surface area contributed by atoms with Crippen molar-refractivity contribution in [1.29, 1.82) is 0 Å². The minimum absolute atomic E-state index is 0.223. The summed E-state index contributed by atoms with van der Waals surface area (Å²) in [5, 5.41) is 57.8. The van der Waals surface area contributed by atoms with Crippen LogP contribution in [0.25, 0.3) is 0 Å². The van der Waals surface area contributed by atoms with Gasteiger partial charge in [-0.25, -0.2) is 0 Å². The molecule has 2 fully saturated rings. The zero-order valence-corrected chi connectivity index (χ0v) is 11.9. The lowest BCUT2D eigenvalue weighted by atomic mass is 9.99. The largest absolute Gasteiger partial charge is 0.388 e. The predicted molar refractivity (Wildman–Crippen MR) is 67.4 cm³/mol. The van der Waals surface area contributed by atoms with E-state index in [-0.39, 0.29) is 13.2 Å². The summed E-state index contributed by atoms with van der Waals surface area (Å²) >= 11 is 0. The molecule has 22 heavy (non-hydrogen) atoms. The van der Waals surface area contributed by atoms with Crippen LogP contribution >= 0.6 is 0 Å². The van der Waals surface area contributed by atoms with Crippen LogP contribution in [0.5, 0.6) is 0 Å². The third-order valence-electron chi connectivity index (χ3n) is 3.78. The van der Waals surface area contributed by atoms with Gasteiger partial charge in [-0.05, 0) is 0 Å². The van der Waals surface area contributed by atoms with Gasteiger partial charge in [0.1, 0.15) is 42.7 Å². The number of aliphatic hydroxyl groups is 6. The fraction of sp³-hybridized carbons (Fsp3) is 1.00. The van der Waals surface area contributed by atoms with Gasteiger partial charge in [0, 0.05) is 7.11 Å². The fourth-order valence-electron chi connectivity index (χ4n) is 2.36. The molecule has 0 radical (unpaired) electrons. The fourth-order valence-corrected chi connectivity index (χ4v) is 2.36. The quantitative estimate of drug-likeness (QED) is 0.300. The molecule has 0 bridgehead atoms. The second-order valence-corrected chi connectivity index (χ2v) is 5.33. The van der Waals surface area contributed by atoms with Crippen molar-refractivity contribution in [3.63, 3.8) is 0 Å². The SMILES string of the molecule is CO[C@H]1O[C@H](CO[C@H]2OC[C@@H](O)[C@H](O)[C@H]2O)[C@@H](O)[C@H](O)[C@H]1O. The highest BCUT2D eigenvalue weighted by Crippen LogP contribution is 2.23. The summed E-state index contributed by atoms with van der Waals surface area (Å²) in [6.07, 6.45) is -11.9. The molecule has 2 aliphatic rings. The lowest BCUT2D eigenvalue weighted by Gasteiger charge is -2.41. The summed E-state index contributed by atoms with van der Waals surface area (Å²) < 4.78 is 20.4. The van der Waals surface area contributed by atoms with E-state index in [2.05, 4.69) is 0 Å². The first-order chi connectivity index (χ1) is 10.4. The van der Waals surface area contributed by atoms with Crippen LogP contribution in [-0.2, 0) is 18.9 Å². The van der Waals surface area contributed by atoms with E-state index in [0.29, 0.717) is 0 Å². The van der Waals surface area contributed by atoms with Crippen molar-refractivity contribution in [2.75, 3.05) is 20.3 Å². The Kier molecular flexibility index (Phi) is 6.07. The van der Waals surface area contributed by atoms with Crippen LogP contribution in [0.3, 0.4) is 0 Å². The van der Waals surface area contributed by atoms with Gasteiger partial charge >= 0.3 is 0 Å². The molecule has 0 aliphatic carbocycles. The number of aliphatic hydroxyl groups excluding tert-OH is 6. The average molecular weight is 326 g/mol. The topological polar surface area (TPSA) is 158 Å². The molecule has 0 spiro atoms. The van der Waals surface area contributed by atoms with Gasteiger partial charge in [-0.3, -0.25) is 0 Å². The number of methoxy groups -OCH3 is 1. The number of hydrogen-bond acceptors (Lipinski definition) is 10. The van der Waals surface area contributed by atoms with Crippen LogP contribution < -0.4 is 0 Å². The van der Waals surface area contributed by atoms with E-state index in [9.17, 15) is 30.6 Å². The lowest BCUT2D eigenvalue weighted by molar-refractivity contribution is -0.316. The molecule has 10 heteroatoms. The summed E-state index contributed by atoms with van der Waals surface area (Å²) in [6, 6.07) is 0. The Morgan fingerprint density at radius 2 is 1.50 bits per heavy atom. The second kappa shape index (κ2) is 7.45. The van der Waals surface area contributed by atoms with E-state index >= 15 is 0 Å². The average Bonchev–Trinajstić information content (AvgIpc) is 2.51. The van der Waals surface area contributed by atoms with Crippen molar-refractivity contribution in [3.05, 3.63) is 0 Å². The van der Waals surface area contributed by atoms with Crippen molar-refractivity contribution in [1.82, 2.24) is 0 Å². The molecule has 2 heterocycles. The van der Waals surface area contributed by atoms with E-state index in [1.807, 2.05) is 0 Å². The van der Waals surface area contributed by atoms with Gasteiger partial charge in [0.15, 0.2) is 12.6 Å². The first-order valence-corrected chi connectivity index (χ1v) is 6.86. The zero-order chi connectivity index (χ0) is 16.4. The van der Waals surface area contributed by atoms with Crippen molar-refractivity contribution >= 4 is 0 Å². The summed E-state index contributed by atoms with van der Waals surface area (Å²) in [5.74, 6) is 0. The Bertz CT molecular complexity index is 353. The zero-order valence-electron chi connectivity index (χ0n) is 11.9. The molecule has 6 N–H and O–H groups in total. The van der Waals surface area contributed by atoms with E-state index in [0.717, 1.165) is 0 Å². The monoisotopic (exact) mass is 326 g/mol. The van der Waals surface area contributed by atoms with E-state index < -0.39 is 55.3 Å². The first-order valence-electron chi connectivity index (χ1n) is 6.86. The Morgan fingerprint density at radius 3 is 2.14 bits per heavy atom. The van der Waals surface area contributed by atoms with Crippen LogP contribution in [0.1, 0.15) is 0 Å². The van der Waals surface area contributed by atoms with Gasteiger partial charge in [-0.2, -0.15) is 0 Å². The third-order valence-corrected chi connectivity index (χ3v) is 3.78. The number of rotatable bonds is 4. The molecule has 0 aromatic carbocycles. The molecule has 0 aromatic rings. The van der Waals surface area contributed by atoms with Crippen LogP contribution in [0.4, 0.5) is 0 Å². The standard InChI is InChI=1S/C12H22O10/c1-19-11-10(18)8(16)7(15)5(22-11)3-21-12-9(17)6(14)4(13)2-20-12/h4-18H,2-3H2,1H3/t4-,5-,6+,7-,8+,9-,10-,11+,12-/m1/s1. The van der Waals surface area contributed by atoms with Gasteiger partial charge in [-0.1, -0.05) is 0 Å². The molecule has 10 nitrogen and oxygen atoms in total. The predicted octanol–water partition coefficient (Wildman–Crippen LogP) is -4.10. The van der Waals surface area contributed by atoms with E-state index in [1.54, 1.807) is 0 Å². The molecule has 2 aliphatic heterocycles. The van der Waals surface area contributed by atoms with Crippen molar-refractivity contribution in [2.45, 2.75) is 55.3 Å². The Balaban J connectivity index is 1.90. The van der Waals surface area contributed by atoms with Crippen LogP contribution in [0, 0.1) is 0 Å². The molecule has 2 rings (SSSR count). The maximum absolute atomic E-state index is 9.85. The molecule has 9 atom stereocenters. The molecule has 130 valence electrons. The number of ether oxygens (including phenoxy) is 4. The highest BCUT2D eigenvalue weighted by Gasteiger charge is 2.45. The molecular weight excluding hydrogens is 304 g/mol. The third kappa shape index (κ3) is 3.57. The highest BCUT2D eigenvalue weighted by atomic mass is 16.7. The summed E-state index contributed by atoms with van der Waals surface area (Å²) in [7, 11) is 1.27. The molecule has 0 aromatic heterocycles. The maximum atomic E-state index is 9.85. The molecule has 2 saturated heterocycles. The minimum atomic E-state index is -1.49. The van der Waals surface area contributed by atoms with Crippen LogP contribution in [0.2, 0.25) is 0 Å². The van der Waals surface area contributed by atoms with Crippen LogP contribution in [0.15, 0.2) is 0 Å². The number of hydrogen-bond donors (Lipinski definition) is 6. The van der Waals surface area contributed by atoms with E-state index in [1.165, 1.54) is 7.11 Å². The summed E-state index contributed by atoms with van der Waals surface area (Å²) in [5.41, 5.74) is 0. The highest BCUT2D eigenvalue weighted by molar-refractivity contribution is 4.89. The first kappa shape index (κ1) is 17.9. The van der Waals surface area contributed by atoms with Crippen molar-refractivity contribution in [2.24, 2.45) is 0 Å². The van der Waals surface area contributed by atoms with Gasteiger partial charge in [-0.15, -0.1) is 0 Å². The summed E-state index contributed by atoms with van der Waals surface area (Å²) in [6.45, 7) is -0.519. The second-order valence-electron chi connectivity index (χ2n) is 5.33. The minimum Gasteiger partial charge on any atom is -0.388 e. The van der Waals surface area contributed by atoms with Crippen LogP contribution in [-0.4, -0.2) is 106 Å². The maximum Gasteiger partial charge on any atom is 0.186 e. The van der Waals surface area contributed by atoms with Crippen molar-refractivity contribution in [3.8, 4) is 0 Å². The van der Waals surface area contributed by atoms with Gasteiger partial charge < -0.3 is 49.6 Å². The Labute approximate surface area is 126 Å². The molecule has 0 amide bonds.